The molecule has 1 amide bonds. The lowest BCUT2D eigenvalue weighted by Crippen LogP contribution is -2.57. The van der Waals surface area contributed by atoms with Gasteiger partial charge in [-0.3, -0.25) is 4.79 Å². The third-order valence-electron chi connectivity index (χ3n) is 3.74. The van der Waals surface area contributed by atoms with Gasteiger partial charge in [0.05, 0.1) is 17.1 Å². The molecule has 1 aliphatic heterocycles. The number of rotatable bonds is 4. The number of para-hydroxylation sites is 1. The zero-order valence-electron chi connectivity index (χ0n) is 12.1. The molecule has 0 bridgehead atoms. The first-order valence-corrected chi connectivity index (χ1v) is 8.71. The maximum atomic E-state index is 12.2. The van der Waals surface area contributed by atoms with Crippen molar-refractivity contribution in [2.45, 2.75) is 12.2 Å². The van der Waals surface area contributed by atoms with E-state index < -0.39 is 15.1 Å². The van der Waals surface area contributed by atoms with Crippen molar-refractivity contribution in [3.05, 3.63) is 42.2 Å². The highest BCUT2D eigenvalue weighted by Crippen LogP contribution is 2.19. The van der Waals surface area contributed by atoms with Crippen molar-refractivity contribution in [3.63, 3.8) is 0 Å². The normalized spacial score (nSPS) is 15.6. The van der Waals surface area contributed by atoms with Crippen LogP contribution in [0.25, 0.3) is 5.69 Å². The van der Waals surface area contributed by atoms with Crippen molar-refractivity contribution in [3.8, 4) is 5.69 Å². The first-order valence-electron chi connectivity index (χ1n) is 7.00. The van der Waals surface area contributed by atoms with Gasteiger partial charge < -0.3 is 4.90 Å². The Labute approximate surface area is 128 Å². The van der Waals surface area contributed by atoms with Crippen molar-refractivity contribution < 1.29 is 13.2 Å². The van der Waals surface area contributed by atoms with Gasteiger partial charge in [0, 0.05) is 18.8 Å². The van der Waals surface area contributed by atoms with Crippen LogP contribution in [0.3, 0.4) is 0 Å². The summed E-state index contributed by atoms with van der Waals surface area (Å²) in [4.78, 5) is 15.1. The van der Waals surface area contributed by atoms with E-state index in [4.69, 9.17) is 0 Å². The Balaban J connectivity index is 1.69. The molecule has 0 aliphatic carbocycles. The van der Waals surface area contributed by atoms with E-state index in [1.54, 1.807) is 6.92 Å². The van der Waals surface area contributed by atoms with Crippen LogP contribution in [-0.2, 0) is 9.84 Å². The summed E-state index contributed by atoms with van der Waals surface area (Å²) in [5, 5.41) is 7.77. The molecule has 1 aliphatic rings. The Morgan fingerprint density at radius 2 is 1.95 bits per heavy atom. The van der Waals surface area contributed by atoms with E-state index in [0.29, 0.717) is 0 Å². The van der Waals surface area contributed by atoms with Gasteiger partial charge in [-0.05, 0) is 12.1 Å². The van der Waals surface area contributed by atoms with E-state index in [1.807, 2.05) is 30.3 Å². The molecular weight excluding hydrogens is 304 g/mol. The number of carbonyl (C=O) groups is 1. The summed E-state index contributed by atoms with van der Waals surface area (Å²) in [5.41, 5.74) is 0.979. The molecule has 116 valence electrons. The van der Waals surface area contributed by atoms with Gasteiger partial charge >= 0.3 is 0 Å². The summed E-state index contributed by atoms with van der Waals surface area (Å²) in [5.74, 6) is -0.186. The molecule has 1 aromatic carbocycles. The molecule has 0 N–H and O–H groups in total. The van der Waals surface area contributed by atoms with Gasteiger partial charge in [0.25, 0.3) is 5.91 Å². The Morgan fingerprint density at radius 3 is 2.59 bits per heavy atom. The van der Waals surface area contributed by atoms with Gasteiger partial charge in [-0.15, -0.1) is 5.10 Å². The zero-order chi connectivity index (χ0) is 15.7. The van der Waals surface area contributed by atoms with Crippen molar-refractivity contribution in [1.29, 1.82) is 0 Å². The quantitative estimate of drug-likeness (QED) is 0.820. The van der Waals surface area contributed by atoms with Crippen LogP contribution in [0, 0.1) is 0 Å². The van der Waals surface area contributed by atoms with Crippen molar-refractivity contribution in [2.24, 2.45) is 0 Å². The highest BCUT2D eigenvalue weighted by molar-refractivity contribution is 7.92. The Hall–Kier alpha value is -2.22. The van der Waals surface area contributed by atoms with E-state index in [2.05, 4.69) is 10.2 Å². The highest BCUT2D eigenvalue weighted by atomic mass is 32.2. The van der Waals surface area contributed by atoms with E-state index in [-0.39, 0.29) is 30.4 Å². The Morgan fingerprint density at radius 1 is 1.27 bits per heavy atom. The van der Waals surface area contributed by atoms with Crippen LogP contribution in [-0.4, -0.2) is 58.3 Å². The van der Waals surface area contributed by atoms with Crippen LogP contribution in [0.15, 0.2) is 36.5 Å². The molecule has 22 heavy (non-hydrogen) atoms. The third kappa shape index (κ3) is 2.61. The fraction of sp³-hybridized carbons (Fsp3) is 0.357. The van der Waals surface area contributed by atoms with Gasteiger partial charge in [-0.1, -0.05) is 25.1 Å². The monoisotopic (exact) mass is 320 g/mol. The molecule has 0 unspecified atom stereocenters. The molecule has 0 saturated carbocycles. The minimum Gasteiger partial charge on any atom is -0.334 e. The fourth-order valence-corrected chi connectivity index (χ4v) is 3.56. The number of benzene rings is 1. The minimum atomic E-state index is -3.08. The van der Waals surface area contributed by atoms with Gasteiger partial charge in [-0.25, -0.2) is 8.42 Å². The van der Waals surface area contributed by atoms with Crippen molar-refractivity contribution in [1.82, 2.24) is 19.9 Å². The molecule has 1 aromatic heterocycles. The van der Waals surface area contributed by atoms with Crippen LogP contribution < -0.4 is 0 Å². The molecule has 0 radical (unpaired) electrons. The fourth-order valence-electron chi connectivity index (χ4n) is 2.28. The first-order chi connectivity index (χ1) is 10.5. The first kappa shape index (κ1) is 14.7. The predicted molar refractivity (Wildman–Crippen MR) is 80.5 cm³/mol. The second-order valence-electron chi connectivity index (χ2n) is 5.14. The summed E-state index contributed by atoms with van der Waals surface area (Å²) in [6, 6.07) is 9.27. The molecular formula is C14H16N4O3S. The molecule has 2 aromatic rings. The Bertz CT molecular complexity index is 779. The van der Waals surface area contributed by atoms with Gasteiger partial charge in [0.1, 0.15) is 0 Å². The molecule has 1 fully saturated rings. The van der Waals surface area contributed by atoms with Gasteiger partial charge in [0.15, 0.2) is 15.5 Å². The lowest BCUT2D eigenvalue weighted by molar-refractivity contribution is 0.0652. The van der Waals surface area contributed by atoms with Crippen molar-refractivity contribution >= 4 is 15.7 Å². The predicted octanol–water partition coefficient (Wildman–Crippen LogP) is 0.526. The van der Waals surface area contributed by atoms with E-state index in [1.165, 1.54) is 15.9 Å². The van der Waals surface area contributed by atoms with Gasteiger partial charge in [0.2, 0.25) is 0 Å². The lowest BCUT2D eigenvalue weighted by Gasteiger charge is -2.37. The standard InChI is InChI=1S/C14H16N4O3S/c1-2-22(20,21)12-9-17(10-12)14(19)13-8-15-18(16-13)11-6-4-3-5-7-11/h3-8,12H,2,9-10H2,1H3. The topological polar surface area (TPSA) is 85.2 Å². The molecule has 3 rings (SSSR count). The van der Waals surface area contributed by atoms with E-state index in [0.717, 1.165) is 5.69 Å². The third-order valence-corrected chi connectivity index (χ3v) is 5.86. The summed E-state index contributed by atoms with van der Waals surface area (Å²) in [6.07, 6.45) is 1.40. The number of nitrogens with zero attached hydrogens (tertiary/aromatic N) is 4. The number of amides is 1. The molecule has 1 saturated heterocycles. The van der Waals surface area contributed by atoms with E-state index in [9.17, 15) is 13.2 Å². The molecule has 7 nitrogen and oxygen atoms in total. The van der Waals surface area contributed by atoms with E-state index >= 15 is 0 Å². The average molecular weight is 320 g/mol. The molecule has 0 atom stereocenters. The van der Waals surface area contributed by atoms with Gasteiger partial charge in [-0.2, -0.15) is 9.90 Å². The summed E-state index contributed by atoms with van der Waals surface area (Å²) in [7, 11) is -3.08. The second-order valence-corrected chi connectivity index (χ2v) is 7.71. The maximum Gasteiger partial charge on any atom is 0.276 e. The van der Waals surface area contributed by atoms with Crippen molar-refractivity contribution in [2.75, 3.05) is 18.8 Å². The summed E-state index contributed by atoms with van der Waals surface area (Å²) >= 11 is 0. The zero-order valence-corrected chi connectivity index (χ0v) is 12.9. The van der Waals surface area contributed by atoms with Crippen LogP contribution in [0.4, 0.5) is 0 Å². The number of aromatic nitrogens is 3. The van der Waals surface area contributed by atoms with Crippen LogP contribution >= 0.6 is 0 Å². The number of likely N-dealkylation sites (tertiary alicyclic amines) is 1. The maximum absolute atomic E-state index is 12.2. The number of carbonyl (C=O) groups excluding carboxylic acids is 1. The minimum absolute atomic E-state index is 0.101. The molecule has 2 heterocycles. The largest absolute Gasteiger partial charge is 0.334 e. The second kappa shape index (κ2) is 5.53. The highest BCUT2D eigenvalue weighted by Gasteiger charge is 2.39. The molecule has 8 heteroatoms. The van der Waals surface area contributed by atoms with Crippen LogP contribution in [0.2, 0.25) is 0 Å². The number of hydrogen-bond donors (Lipinski definition) is 0. The average Bonchev–Trinajstić information content (AvgIpc) is 2.96. The summed E-state index contributed by atoms with van der Waals surface area (Å²) in [6.45, 7) is 2.08. The molecule has 0 spiro atoms. The van der Waals surface area contributed by atoms with Crippen LogP contribution in [0.1, 0.15) is 17.4 Å². The summed E-state index contributed by atoms with van der Waals surface area (Å²) < 4.78 is 23.4. The SMILES string of the molecule is CCS(=O)(=O)C1CN(C(=O)c2cnn(-c3ccccc3)n2)C1. The lowest BCUT2D eigenvalue weighted by atomic mass is 10.2. The number of sulfone groups is 1. The smallest absolute Gasteiger partial charge is 0.276 e. The van der Waals surface area contributed by atoms with Crippen LogP contribution in [0.5, 0.6) is 0 Å². The Kier molecular flexibility index (Phi) is 3.69. The number of hydrogen-bond acceptors (Lipinski definition) is 5.